The summed E-state index contributed by atoms with van der Waals surface area (Å²) in [4.78, 5) is 13.5. The highest BCUT2D eigenvalue weighted by Crippen LogP contribution is 2.25. The van der Waals surface area contributed by atoms with Gasteiger partial charge < -0.3 is 0 Å². The molecule has 22 heavy (non-hydrogen) atoms. The second-order valence-corrected chi connectivity index (χ2v) is 6.55. The highest BCUT2D eigenvalue weighted by Gasteiger charge is 2.27. The lowest BCUT2D eigenvalue weighted by Crippen LogP contribution is -2.18. The molecule has 0 fully saturated rings. The van der Waals surface area contributed by atoms with Gasteiger partial charge in [0, 0.05) is 37.5 Å². The highest BCUT2D eigenvalue weighted by atomic mass is 32.2. The minimum Gasteiger partial charge on any atom is -0.289 e. The molecule has 1 amide bonds. The third kappa shape index (κ3) is 2.38. The third-order valence-electron chi connectivity index (χ3n) is 3.76. The topological polar surface area (TPSA) is 67.2 Å². The number of amides is 1. The number of nitrogens with zero attached hydrogens (tertiary/aromatic N) is 3. The quantitative estimate of drug-likeness (QED) is 0.917. The van der Waals surface area contributed by atoms with Crippen LogP contribution in [0.3, 0.4) is 0 Å². The molecule has 0 bridgehead atoms. The van der Waals surface area contributed by atoms with Crippen molar-refractivity contribution in [2.45, 2.75) is 19.6 Å². The van der Waals surface area contributed by atoms with E-state index < -0.39 is 11.0 Å². The molecule has 1 aromatic carbocycles. The summed E-state index contributed by atoms with van der Waals surface area (Å²) >= 11 is 0. The maximum atomic E-state index is 11.8. The minimum atomic E-state index is -1.51. The fraction of sp³-hybridized carbons (Fsp3) is 0.200. The van der Waals surface area contributed by atoms with E-state index >= 15 is 0 Å². The molecule has 0 radical (unpaired) electrons. The van der Waals surface area contributed by atoms with E-state index in [1.807, 2.05) is 24.4 Å². The van der Waals surface area contributed by atoms with E-state index in [1.54, 1.807) is 4.68 Å². The largest absolute Gasteiger partial charge is 0.289 e. The smallest absolute Gasteiger partial charge is 0.258 e. The summed E-state index contributed by atoms with van der Waals surface area (Å²) in [5, 5.41) is 4.87. The molecular formula is C15H14N4O2S. The van der Waals surface area contributed by atoms with E-state index in [0.29, 0.717) is 5.03 Å². The Kier molecular flexibility index (Phi) is 3.16. The summed E-state index contributed by atoms with van der Waals surface area (Å²) in [5.74, 6) is -0.338. The molecule has 2 aromatic rings. The van der Waals surface area contributed by atoms with Crippen LogP contribution in [0.5, 0.6) is 0 Å². The normalized spacial score (nSPS) is 20.8. The van der Waals surface area contributed by atoms with Crippen molar-refractivity contribution in [1.29, 1.82) is 0 Å². The van der Waals surface area contributed by atoms with Crippen LogP contribution in [-0.2, 0) is 35.4 Å². The molecule has 1 N–H and O–H groups in total. The summed E-state index contributed by atoms with van der Waals surface area (Å²) in [5.41, 5.74) is 3.37. The minimum absolute atomic E-state index is 0.338. The molecular weight excluding hydrogens is 300 g/mol. The van der Waals surface area contributed by atoms with Crippen LogP contribution in [0.2, 0.25) is 0 Å². The molecule has 0 aliphatic carbocycles. The zero-order valence-electron chi connectivity index (χ0n) is 11.7. The maximum absolute atomic E-state index is 11.8. The average Bonchev–Trinajstić information content (AvgIpc) is 3.12. The Morgan fingerprint density at radius 2 is 2.05 bits per heavy atom. The zero-order valence-corrected chi connectivity index (χ0v) is 12.5. The van der Waals surface area contributed by atoms with Crippen molar-refractivity contribution < 1.29 is 9.00 Å². The van der Waals surface area contributed by atoms with Crippen LogP contribution in [0, 0.1) is 0 Å². The van der Waals surface area contributed by atoms with Gasteiger partial charge in [0.1, 0.15) is 0 Å². The highest BCUT2D eigenvalue weighted by molar-refractivity contribution is 7.93. The summed E-state index contributed by atoms with van der Waals surface area (Å²) in [6.45, 7) is 2.45. The number of carbonyl (C=O) groups is 1. The van der Waals surface area contributed by atoms with Crippen LogP contribution in [0.1, 0.15) is 16.8 Å². The molecule has 0 saturated carbocycles. The molecule has 0 saturated heterocycles. The van der Waals surface area contributed by atoms with Gasteiger partial charge in [0.25, 0.3) is 5.91 Å². The standard InChI is InChI=1S/C15H14N4O2S/c20-14-6-15(22(21)17-14)19-9-12-8-18(10-13(12)16-19)7-11-4-2-1-3-5-11/h1-6,9H,7-8,10H2,(H,17,20). The van der Waals surface area contributed by atoms with E-state index in [0.717, 1.165) is 30.9 Å². The van der Waals surface area contributed by atoms with Crippen LogP contribution in [0.15, 0.2) is 42.6 Å². The van der Waals surface area contributed by atoms with Gasteiger partial charge in [-0.05, 0) is 5.56 Å². The molecule has 2 aliphatic rings. The molecule has 0 spiro atoms. The lowest BCUT2D eigenvalue weighted by molar-refractivity contribution is -0.114. The van der Waals surface area contributed by atoms with Crippen molar-refractivity contribution in [3.8, 4) is 0 Å². The summed E-state index contributed by atoms with van der Waals surface area (Å²) in [7, 11) is -1.51. The molecule has 1 aromatic heterocycles. The number of nitrogens with one attached hydrogen (secondary N) is 1. The second-order valence-electron chi connectivity index (χ2n) is 5.39. The Balaban J connectivity index is 1.50. The summed E-state index contributed by atoms with van der Waals surface area (Å²) < 4.78 is 15.7. The predicted molar refractivity (Wildman–Crippen MR) is 82.2 cm³/mol. The van der Waals surface area contributed by atoms with E-state index in [9.17, 15) is 9.00 Å². The summed E-state index contributed by atoms with van der Waals surface area (Å²) in [6, 6.07) is 10.3. The second kappa shape index (κ2) is 5.19. The molecule has 112 valence electrons. The molecule has 2 aliphatic heterocycles. The Bertz CT molecular complexity index is 774. The lowest BCUT2D eigenvalue weighted by atomic mass is 10.2. The van der Waals surface area contributed by atoms with Gasteiger partial charge in [-0.3, -0.25) is 14.4 Å². The van der Waals surface area contributed by atoms with Crippen LogP contribution in [0.25, 0.3) is 5.03 Å². The van der Waals surface area contributed by atoms with Gasteiger partial charge >= 0.3 is 0 Å². The lowest BCUT2D eigenvalue weighted by Gasteiger charge is -2.15. The summed E-state index contributed by atoms with van der Waals surface area (Å²) in [6.07, 6.45) is 3.20. The monoisotopic (exact) mass is 314 g/mol. The van der Waals surface area contributed by atoms with Crippen molar-refractivity contribution in [2.75, 3.05) is 0 Å². The molecule has 3 heterocycles. The Morgan fingerprint density at radius 1 is 1.23 bits per heavy atom. The number of hydrogen-bond acceptors (Lipinski definition) is 4. The average molecular weight is 314 g/mol. The molecule has 7 heteroatoms. The Hall–Kier alpha value is -2.25. The van der Waals surface area contributed by atoms with Crippen LogP contribution in [0.4, 0.5) is 0 Å². The van der Waals surface area contributed by atoms with Crippen molar-refractivity contribution in [3.63, 3.8) is 0 Å². The first-order valence-electron chi connectivity index (χ1n) is 6.97. The molecule has 1 atom stereocenters. The van der Waals surface area contributed by atoms with Crippen LogP contribution < -0.4 is 4.72 Å². The Labute approximate surface area is 130 Å². The number of fused-ring (bicyclic) bond motifs is 1. The maximum Gasteiger partial charge on any atom is 0.258 e. The first-order chi connectivity index (χ1) is 10.7. The third-order valence-corrected chi connectivity index (χ3v) is 4.83. The molecule has 1 unspecified atom stereocenters. The van der Waals surface area contributed by atoms with Crippen molar-refractivity contribution >= 4 is 21.9 Å². The molecule has 4 rings (SSSR count). The Morgan fingerprint density at radius 3 is 2.73 bits per heavy atom. The van der Waals surface area contributed by atoms with Gasteiger partial charge in [-0.1, -0.05) is 30.3 Å². The van der Waals surface area contributed by atoms with Gasteiger partial charge in [-0.2, -0.15) is 5.10 Å². The van der Waals surface area contributed by atoms with Crippen LogP contribution in [-0.4, -0.2) is 24.8 Å². The first-order valence-corrected chi connectivity index (χ1v) is 8.12. The number of rotatable bonds is 3. The number of aromatic nitrogens is 2. The number of hydrogen-bond donors (Lipinski definition) is 1. The fourth-order valence-corrected chi connectivity index (χ4v) is 3.60. The van der Waals surface area contributed by atoms with Crippen LogP contribution >= 0.6 is 0 Å². The number of carbonyl (C=O) groups excluding carboxylic acids is 1. The zero-order chi connectivity index (χ0) is 15.1. The van der Waals surface area contributed by atoms with Gasteiger partial charge in [0.2, 0.25) is 0 Å². The van der Waals surface area contributed by atoms with Gasteiger partial charge in [-0.15, -0.1) is 0 Å². The predicted octanol–water partition coefficient (Wildman–Crippen LogP) is 0.991. The van der Waals surface area contributed by atoms with E-state index in [-0.39, 0.29) is 5.91 Å². The van der Waals surface area contributed by atoms with Crippen molar-refractivity contribution in [2.24, 2.45) is 0 Å². The van der Waals surface area contributed by atoms with E-state index in [1.165, 1.54) is 11.6 Å². The van der Waals surface area contributed by atoms with E-state index in [2.05, 4.69) is 26.9 Å². The fourth-order valence-electron chi connectivity index (χ4n) is 2.78. The van der Waals surface area contributed by atoms with Gasteiger partial charge in [-0.25, -0.2) is 8.89 Å². The first kappa shape index (κ1) is 13.4. The van der Waals surface area contributed by atoms with E-state index in [4.69, 9.17) is 0 Å². The van der Waals surface area contributed by atoms with Gasteiger partial charge in [0.15, 0.2) is 16.0 Å². The van der Waals surface area contributed by atoms with Gasteiger partial charge in [0.05, 0.1) is 5.69 Å². The number of benzene rings is 1. The SMILES string of the molecule is O=C1C=C(n2cc3c(n2)CN(Cc2ccccc2)C3)S(=O)N1. The van der Waals surface area contributed by atoms with Crippen molar-refractivity contribution in [1.82, 2.24) is 19.4 Å². The molecule has 6 nitrogen and oxygen atoms in total. The van der Waals surface area contributed by atoms with Crippen molar-refractivity contribution in [3.05, 3.63) is 59.4 Å².